The second-order valence-corrected chi connectivity index (χ2v) is 6.43. The summed E-state index contributed by atoms with van der Waals surface area (Å²) in [4.78, 5) is 14.3. The highest BCUT2D eigenvalue weighted by atomic mass is 35.5. The van der Waals surface area contributed by atoms with Crippen molar-refractivity contribution < 1.29 is 4.84 Å². The molecule has 6 nitrogen and oxygen atoms in total. The van der Waals surface area contributed by atoms with Crippen molar-refractivity contribution in [1.29, 1.82) is 0 Å². The van der Waals surface area contributed by atoms with E-state index in [-0.39, 0.29) is 5.60 Å². The summed E-state index contributed by atoms with van der Waals surface area (Å²) in [5.74, 6) is 2.11. The zero-order chi connectivity index (χ0) is 13.6. The van der Waals surface area contributed by atoms with E-state index < -0.39 is 0 Å². The van der Waals surface area contributed by atoms with Gasteiger partial charge < -0.3 is 0 Å². The maximum atomic E-state index is 6.17. The van der Waals surface area contributed by atoms with E-state index in [9.17, 15) is 0 Å². The Morgan fingerprint density at radius 1 is 1.30 bits per heavy atom. The van der Waals surface area contributed by atoms with Crippen LogP contribution in [0.1, 0.15) is 32.1 Å². The number of nitrogens with one attached hydrogen (secondary N) is 2. The lowest BCUT2D eigenvalue weighted by Gasteiger charge is -2.47. The van der Waals surface area contributed by atoms with Gasteiger partial charge in [0.1, 0.15) is 10.8 Å². The molecule has 0 amide bonds. The fraction of sp³-hybridized carbons (Fsp3) is 0.692. The van der Waals surface area contributed by atoms with E-state index in [2.05, 4.69) is 20.8 Å². The first-order valence-corrected chi connectivity index (χ1v) is 7.58. The Bertz CT molecular complexity index is 490. The molecule has 7 heteroatoms. The quantitative estimate of drug-likeness (QED) is 0.872. The lowest BCUT2D eigenvalue weighted by atomic mass is 9.62. The molecule has 4 aliphatic rings. The number of anilines is 1. The molecule has 2 bridgehead atoms. The van der Waals surface area contributed by atoms with E-state index in [1.54, 1.807) is 11.5 Å². The van der Waals surface area contributed by atoms with Crippen LogP contribution in [0.5, 0.6) is 0 Å². The zero-order valence-corrected chi connectivity index (χ0v) is 11.9. The van der Waals surface area contributed by atoms with Gasteiger partial charge in [-0.3, -0.25) is 10.3 Å². The first-order chi connectivity index (χ1) is 9.73. The van der Waals surface area contributed by atoms with Crippen LogP contribution in [0.25, 0.3) is 0 Å². The smallest absolute Gasteiger partial charge is 0.161 e. The lowest BCUT2D eigenvalue weighted by molar-refractivity contribution is -0.235. The molecule has 1 saturated heterocycles. The Labute approximate surface area is 122 Å². The maximum absolute atomic E-state index is 6.17. The third-order valence-electron chi connectivity index (χ3n) is 4.86. The minimum absolute atomic E-state index is 0.0337. The first-order valence-electron chi connectivity index (χ1n) is 7.20. The number of hydrogen-bond donors (Lipinski definition) is 2. The van der Waals surface area contributed by atoms with Crippen molar-refractivity contribution in [2.24, 2.45) is 11.8 Å². The van der Waals surface area contributed by atoms with Crippen LogP contribution in [0, 0.1) is 11.8 Å². The number of hydrogen-bond acceptors (Lipinski definition) is 6. The van der Waals surface area contributed by atoms with Crippen molar-refractivity contribution in [3.8, 4) is 0 Å². The van der Waals surface area contributed by atoms with Gasteiger partial charge in [-0.25, -0.2) is 15.4 Å². The van der Waals surface area contributed by atoms with Crippen molar-refractivity contribution in [1.82, 2.24) is 20.7 Å². The number of rotatable bonds is 2. The predicted octanol–water partition coefficient (Wildman–Crippen LogP) is 2.16. The van der Waals surface area contributed by atoms with Gasteiger partial charge in [0.2, 0.25) is 0 Å². The zero-order valence-electron chi connectivity index (χ0n) is 11.2. The van der Waals surface area contributed by atoms with Crippen molar-refractivity contribution in [2.75, 3.05) is 12.0 Å². The molecule has 1 aromatic rings. The summed E-state index contributed by atoms with van der Waals surface area (Å²) in [6.45, 7) is 0.863. The van der Waals surface area contributed by atoms with Gasteiger partial charge in [0.05, 0.1) is 12.4 Å². The van der Waals surface area contributed by atoms with Gasteiger partial charge in [0.25, 0.3) is 0 Å². The van der Waals surface area contributed by atoms with E-state index in [1.165, 1.54) is 31.9 Å². The van der Waals surface area contributed by atoms with Crippen LogP contribution in [-0.4, -0.2) is 27.4 Å². The highest BCUT2D eigenvalue weighted by Crippen LogP contribution is 2.50. The largest absolute Gasteiger partial charge is 0.264 e. The Kier molecular flexibility index (Phi) is 3.07. The molecule has 3 aliphatic carbocycles. The summed E-state index contributed by atoms with van der Waals surface area (Å²) >= 11 is 5.73. The summed E-state index contributed by atoms with van der Waals surface area (Å²) < 4.78 is 0. The van der Waals surface area contributed by atoms with Crippen molar-refractivity contribution in [3.63, 3.8) is 0 Å². The molecule has 4 fully saturated rings. The van der Waals surface area contributed by atoms with E-state index in [4.69, 9.17) is 16.4 Å². The Hall–Kier alpha value is -0.950. The molecule has 1 aliphatic heterocycles. The molecular formula is C13H18ClN5O. The topological polar surface area (TPSA) is 62.3 Å². The normalized spacial score (nSPS) is 36.6. The first kappa shape index (κ1) is 12.8. The molecule has 1 spiro atoms. The number of halogens is 1. The summed E-state index contributed by atoms with van der Waals surface area (Å²) in [6, 6.07) is 0. The van der Waals surface area contributed by atoms with Crippen LogP contribution in [0.4, 0.5) is 5.82 Å². The monoisotopic (exact) mass is 295 g/mol. The molecule has 5 rings (SSSR count). The van der Waals surface area contributed by atoms with E-state index >= 15 is 0 Å². The van der Waals surface area contributed by atoms with Crippen LogP contribution in [0.15, 0.2) is 12.4 Å². The second-order valence-electron chi connectivity index (χ2n) is 6.04. The fourth-order valence-corrected chi connectivity index (χ4v) is 3.96. The molecule has 108 valence electrons. The van der Waals surface area contributed by atoms with Gasteiger partial charge in [0.15, 0.2) is 5.82 Å². The summed E-state index contributed by atoms with van der Waals surface area (Å²) in [5, 5.41) is 1.96. The highest BCUT2D eigenvalue weighted by Gasteiger charge is 2.52. The predicted molar refractivity (Wildman–Crippen MR) is 74.4 cm³/mol. The summed E-state index contributed by atoms with van der Waals surface area (Å²) in [5.41, 5.74) is 6.30. The summed E-state index contributed by atoms with van der Waals surface area (Å²) in [6.07, 6.45) is 9.58. The molecule has 3 saturated carbocycles. The van der Waals surface area contributed by atoms with Gasteiger partial charge in [-0.2, -0.15) is 0 Å². The van der Waals surface area contributed by atoms with E-state index in [1.807, 2.05) is 0 Å². The van der Waals surface area contributed by atoms with E-state index in [0.717, 1.165) is 18.9 Å². The van der Waals surface area contributed by atoms with Gasteiger partial charge in [-0.1, -0.05) is 11.6 Å². The standard InChI is InChI=1S/C13H18ClN5O/c14-11-6-16-12(7-15-11)18-19-17-8-13(20-19)5-9-1-3-10(13)4-2-9/h6-7,9-10,17H,1-5,8H2,(H,16,18)/t9?,10?,13-/m0/s1. The SMILES string of the molecule is Clc1cnc(NN2NC[C@]3(CC4CCC3CC4)O2)cn1. The third-order valence-corrected chi connectivity index (χ3v) is 5.05. The van der Waals surface area contributed by atoms with Gasteiger partial charge >= 0.3 is 0 Å². The minimum atomic E-state index is -0.0337. The Morgan fingerprint density at radius 2 is 2.15 bits per heavy atom. The average Bonchev–Trinajstić information content (AvgIpc) is 2.85. The molecular weight excluding hydrogens is 278 g/mol. The van der Waals surface area contributed by atoms with Crippen LogP contribution in [-0.2, 0) is 4.84 Å². The van der Waals surface area contributed by atoms with Crippen molar-refractivity contribution in [2.45, 2.75) is 37.7 Å². The van der Waals surface area contributed by atoms with Gasteiger partial charge in [-0.15, -0.1) is 0 Å². The minimum Gasteiger partial charge on any atom is -0.264 e. The average molecular weight is 296 g/mol. The molecule has 2 heterocycles. The second kappa shape index (κ2) is 4.80. The van der Waals surface area contributed by atoms with Crippen LogP contribution >= 0.6 is 11.6 Å². The molecule has 0 radical (unpaired) electrons. The molecule has 2 N–H and O–H groups in total. The van der Waals surface area contributed by atoms with Crippen LogP contribution < -0.4 is 10.9 Å². The van der Waals surface area contributed by atoms with Crippen LogP contribution in [0.2, 0.25) is 5.15 Å². The third kappa shape index (κ3) is 2.16. The fourth-order valence-electron chi connectivity index (χ4n) is 3.86. The van der Waals surface area contributed by atoms with Crippen molar-refractivity contribution in [3.05, 3.63) is 17.5 Å². The van der Waals surface area contributed by atoms with Gasteiger partial charge in [-0.05, 0) is 49.2 Å². The molecule has 20 heavy (non-hydrogen) atoms. The molecule has 1 atom stereocenters. The number of fused-ring (bicyclic) bond motifs is 2. The summed E-state index contributed by atoms with van der Waals surface area (Å²) in [7, 11) is 0. The van der Waals surface area contributed by atoms with Crippen molar-refractivity contribution >= 4 is 17.4 Å². The maximum Gasteiger partial charge on any atom is 0.161 e. The number of nitrogens with zero attached hydrogens (tertiary/aromatic N) is 3. The van der Waals surface area contributed by atoms with E-state index in [0.29, 0.717) is 16.9 Å². The number of aromatic nitrogens is 2. The molecule has 0 aromatic carbocycles. The van der Waals surface area contributed by atoms with Gasteiger partial charge in [0, 0.05) is 6.54 Å². The molecule has 0 unspecified atom stereocenters. The lowest BCUT2D eigenvalue weighted by Crippen LogP contribution is -2.50. The molecule has 1 aromatic heterocycles. The van der Waals surface area contributed by atoms with Crippen LogP contribution in [0.3, 0.4) is 0 Å². The highest BCUT2D eigenvalue weighted by molar-refractivity contribution is 6.29. The Morgan fingerprint density at radius 3 is 2.80 bits per heavy atom. The Balaban J connectivity index is 1.44. The number of hydrazine groups is 2.